The predicted octanol–water partition coefficient (Wildman–Crippen LogP) is 0.362. The minimum atomic E-state index is -0.201. The number of nitrogens with one attached hydrogen (secondary N) is 1. The summed E-state index contributed by atoms with van der Waals surface area (Å²) < 4.78 is 0. The van der Waals surface area contributed by atoms with E-state index >= 15 is 0 Å². The number of thiophene rings is 1. The van der Waals surface area contributed by atoms with Crippen molar-refractivity contribution in [2.75, 3.05) is 26.2 Å². The van der Waals surface area contributed by atoms with E-state index in [-0.39, 0.29) is 25.0 Å². The predicted molar refractivity (Wildman–Crippen MR) is 76.6 cm³/mol. The van der Waals surface area contributed by atoms with Gasteiger partial charge in [0.05, 0.1) is 16.3 Å². The van der Waals surface area contributed by atoms with E-state index in [2.05, 4.69) is 17.2 Å². The molecule has 5 nitrogen and oxygen atoms in total. The fourth-order valence-electron chi connectivity index (χ4n) is 1.97. The third-order valence-electron chi connectivity index (χ3n) is 2.96. The van der Waals surface area contributed by atoms with Crippen molar-refractivity contribution in [2.45, 2.75) is 13.3 Å². The first kappa shape index (κ1) is 14.6. The van der Waals surface area contributed by atoms with E-state index < -0.39 is 0 Å². The number of rotatable bonds is 1. The van der Waals surface area contributed by atoms with E-state index in [1.54, 1.807) is 11.0 Å². The van der Waals surface area contributed by atoms with Gasteiger partial charge < -0.3 is 15.3 Å². The van der Waals surface area contributed by atoms with Crippen molar-refractivity contribution in [2.24, 2.45) is 0 Å². The lowest BCUT2D eigenvalue weighted by molar-refractivity contribution is -0.121. The SMILES string of the molecule is Cc1cc(C(=O)N2CCCNC(=O)C2)sc1C#CCO. The molecule has 1 aliphatic rings. The second-order valence-electron chi connectivity index (χ2n) is 4.51. The van der Waals surface area contributed by atoms with Crippen molar-refractivity contribution in [1.82, 2.24) is 10.2 Å². The van der Waals surface area contributed by atoms with Gasteiger partial charge in [-0.15, -0.1) is 11.3 Å². The van der Waals surface area contributed by atoms with Gasteiger partial charge in [-0.2, -0.15) is 0 Å². The van der Waals surface area contributed by atoms with Crippen LogP contribution >= 0.6 is 11.3 Å². The monoisotopic (exact) mass is 292 g/mol. The Hall–Kier alpha value is -1.84. The molecular formula is C14H16N2O3S. The Morgan fingerprint density at radius 3 is 3.15 bits per heavy atom. The van der Waals surface area contributed by atoms with E-state index in [1.165, 1.54) is 11.3 Å². The lowest BCUT2D eigenvalue weighted by Gasteiger charge is -2.17. The molecule has 0 aliphatic carbocycles. The Morgan fingerprint density at radius 2 is 2.40 bits per heavy atom. The molecule has 20 heavy (non-hydrogen) atoms. The Bertz CT molecular complexity index is 583. The number of hydrogen-bond donors (Lipinski definition) is 2. The molecule has 0 radical (unpaired) electrons. The van der Waals surface area contributed by atoms with Crippen molar-refractivity contribution < 1.29 is 14.7 Å². The van der Waals surface area contributed by atoms with Crippen LogP contribution in [0.2, 0.25) is 0 Å². The van der Waals surface area contributed by atoms with Crippen LogP contribution in [-0.2, 0) is 4.79 Å². The van der Waals surface area contributed by atoms with Crippen molar-refractivity contribution >= 4 is 23.2 Å². The van der Waals surface area contributed by atoms with Crippen LogP contribution in [0, 0.1) is 18.8 Å². The molecule has 0 bridgehead atoms. The average molecular weight is 292 g/mol. The second-order valence-corrected chi connectivity index (χ2v) is 5.57. The van der Waals surface area contributed by atoms with Gasteiger partial charge in [-0.3, -0.25) is 9.59 Å². The van der Waals surface area contributed by atoms with Gasteiger partial charge in [0, 0.05) is 13.1 Å². The first-order valence-corrected chi connectivity index (χ1v) is 7.19. The van der Waals surface area contributed by atoms with Crippen molar-refractivity contribution in [3.05, 3.63) is 21.4 Å². The molecule has 2 N–H and O–H groups in total. The van der Waals surface area contributed by atoms with Crippen molar-refractivity contribution in [3.63, 3.8) is 0 Å². The van der Waals surface area contributed by atoms with Crippen LogP contribution in [0.5, 0.6) is 0 Å². The number of aliphatic hydroxyl groups is 1. The first-order valence-electron chi connectivity index (χ1n) is 6.38. The Kier molecular flexibility index (Phi) is 4.77. The molecule has 1 fully saturated rings. The zero-order chi connectivity index (χ0) is 14.5. The minimum absolute atomic E-state index is 0.105. The molecular weight excluding hydrogens is 276 g/mol. The number of hydrogen-bond acceptors (Lipinski definition) is 4. The number of amides is 2. The average Bonchev–Trinajstić information content (AvgIpc) is 2.65. The minimum Gasteiger partial charge on any atom is -0.384 e. The number of nitrogens with zero attached hydrogens (tertiary/aromatic N) is 1. The summed E-state index contributed by atoms with van der Waals surface area (Å²) in [6, 6.07) is 1.79. The molecule has 0 saturated carbocycles. The molecule has 0 aromatic carbocycles. The van der Waals surface area contributed by atoms with Crippen molar-refractivity contribution in [1.29, 1.82) is 0 Å². The van der Waals surface area contributed by atoms with E-state index in [4.69, 9.17) is 5.11 Å². The van der Waals surface area contributed by atoms with Gasteiger partial charge in [-0.25, -0.2) is 0 Å². The zero-order valence-corrected chi connectivity index (χ0v) is 12.0. The van der Waals surface area contributed by atoms with E-state index in [0.717, 1.165) is 16.9 Å². The van der Waals surface area contributed by atoms with Crippen molar-refractivity contribution in [3.8, 4) is 11.8 Å². The maximum atomic E-state index is 12.4. The molecule has 2 rings (SSSR count). The second kappa shape index (κ2) is 6.55. The molecule has 0 atom stereocenters. The maximum absolute atomic E-state index is 12.4. The summed E-state index contributed by atoms with van der Waals surface area (Å²) in [6.45, 7) is 2.97. The zero-order valence-electron chi connectivity index (χ0n) is 11.2. The number of aryl methyl sites for hydroxylation is 1. The van der Waals surface area contributed by atoms with Crippen LogP contribution in [0.1, 0.15) is 26.5 Å². The summed E-state index contributed by atoms with van der Waals surface area (Å²) in [5, 5.41) is 11.5. The number of aliphatic hydroxyl groups excluding tert-OH is 1. The van der Waals surface area contributed by atoms with Gasteiger partial charge in [0.2, 0.25) is 5.91 Å². The third-order valence-corrected chi connectivity index (χ3v) is 4.10. The van der Waals surface area contributed by atoms with Gasteiger partial charge in [0.25, 0.3) is 5.91 Å². The van der Waals surface area contributed by atoms with Gasteiger partial charge in [0.15, 0.2) is 0 Å². The summed E-state index contributed by atoms with van der Waals surface area (Å²) >= 11 is 1.30. The summed E-state index contributed by atoms with van der Waals surface area (Å²) in [4.78, 5) is 26.8. The maximum Gasteiger partial charge on any atom is 0.264 e. The quantitative estimate of drug-likeness (QED) is 0.734. The summed E-state index contributed by atoms with van der Waals surface area (Å²) in [7, 11) is 0. The van der Waals surface area contributed by atoms with E-state index in [9.17, 15) is 9.59 Å². The molecule has 0 spiro atoms. The molecule has 1 saturated heterocycles. The largest absolute Gasteiger partial charge is 0.384 e. The Labute approximate surface area is 121 Å². The van der Waals surface area contributed by atoms with Crippen LogP contribution < -0.4 is 5.32 Å². The van der Waals surface area contributed by atoms with Gasteiger partial charge >= 0.3 is 0 Å². The molecule has 6 heteroatoms. The number of carbonyl (C=O) groups is 2. The van der Waals surface area contributed by atoms with Crippen LogP contribution in [0.4, 0.5) is 0 Å². The smallest absolute Gasteiger partial charge is 0.264 e. The topological polar surface area (TPSA) is 69.6 Å². The fourth-order valence-corrected chi connectivity index (χ4v) is 2.98. The molecule has 106 valence electrons. The standard InChI is InChI=1S/C14H16N2O3S/c1-10-8-12(20-11(10)4-2-7-17)14(19)16-6-3-5-15-13(18)9-16/h8,17H,3,5-7,9H2,1H3,(H,15,18). The van der Waals surface area contributed by atoms with Gasteiger partial charge in [0.1, 0.15) is 6.61 Å². The highest BCUT2D eigenvalue weighted by molar-refractivity contribution is 7.14. The highest BCUT2D eigenvalue weighted by atomic mass is 32.1. The molecule has 2 heterocycles. The highest BCUT2D eigenvalue weighted by Gasteiger charge is 2.22. The molecule has 2 amide bonds. The fraction of sp³-hybridized carbons (Fsp3) is 0.429. The van der Waals surface area contributed by atoms with Crippen LogP contribution in [-0.4, -0.2) is 48.1 Å². The Balaban J connectivity index is 2.18. The molecule has 1 aromatic rings. The summed E-state index contributed by atoms with van der Waals surface area (Å²) in [6.07, 6.45) is 0.763. The van der Waals surface area contributed by atoms with E-state index in [0.29, 0.717) is 18.0 Å². The first-order chi connectivity index (χ1) is 9.61. The lowest BCUT2D eigenvalue weighted by Crippen LogP contribution is -2.37. The normalized spacial score (nSPS) is 15.1. The van der Waals surface area contributed by atoms with E-state index in [1.807, 2.05) is 6.92 Å². The molecule has 1 aromatic heterocycles. The lowest BCUT2D eigenvalue weighted by atomic mass is 10.2. The van der Waals surface area contributed by atoms with Crippen LogP contribution in [0.15, 0.2) is 6.07 Å². The summed E-state index contributed by atoms with van der Waals surface area (Å²) in [5.74, 6) is 5.16. The van der Waals surface area contributed by atoms with Crippen LogP contribution in [0.3, 0.4) is 0 Å². The van der Waals surface area contributed by atoms with Gasteiger partial charge in [-0.05, 0) is 25.0 Å². The molecule has 1 aliphatic heterocycles. The van der Waals surface area contributed by atoms with Crippen LogP contribution in [0.25, 0.3) is 0 Å². The highest BCUT2D eigenvalue weighted by Crippen LogP contribution is 2.22. The van der Waals surface area contributed by atoms with Gasteiger partial charge in [-0.1, -0.05) is 11.8 Å². The number of carbonyl (C=O) groups excluding carboxylic acids is 2. The summed E-state index contributed by atoms with van der Waals surface area (Å²) in [5.41, 5.74) is 0.915. The Morgan fingerprint density at radius 1 is 1.60 bits per heavy atom. The third kappa shape index (κ3) is 3.38. The molecule has 0 unspecified atom stereocenters.